The minimum Gasteiger partial charge on any atom is -0.485 e. The molecule has 49 heavy (non-hydrogen) atoms. The van der Waals surface area contributed by atoms with Crippen LogP contribution in [0.15, 0.2) is 33.7 Å². The Hall–Kier alpha value is -4.37. The number of nitrogens with zero attached hydrogens (tertiary/aromatic N) is 4. The molecule has 1 aromatic heterocycles. The molecular formula is C29H38N8O10S2. The van der Waals surface area contributed by atoms with Crippen LogP contribution in [-0.2, 0) is 40.3 Å². The van der Waals surface area contributed by atoms with Crippen LogP contribution >= 0.6 is 11.3 Å². The first-order valence-electron chi connectivity index (χ1n) is 15.4. The highest BCUT2D eigenvalue weighted by molar-refractivity contribution is 7.80. The Morgan fingerprint density at radius 2 is 2.04 bits per heavy atom. The summed E-state index contributed by atoms with van der Waals surface area (Å²) in [5.74, 6) is -2.60. The fraction of sp³-hybridized carbons (Fsp3) is 0.517. The summed E-state index contributed by atoms with van der Waals surface area (Å²) in [5, 5.41) is 21.8. The van der Waals surface area contributed by atoms with Crippen molar-refractivity contribution in [3.8, 4) is 5.75 Å². The Morgan fingerprint density at radius 3 is 2.69 bits per heavy atom. The predicted molar refractivity (Wildman–Crippen MR) is 176 cm³/mol. The Labute approximate surface area is 285 Å². The molecule has 2 fully saturated rings. The van der Waals surface area contributed by atoms with Gasteiger partial charge in [0.25, 0.3) is 17.4 Å². The summed E-state index contributed by atoms with van der Waals surface area (Å²) < 4.78 is 41.8. The van der Waals surface area contributed by atoms with Crippen LogP contribution in [0.3, 0.4) is 0 Å². The van der Waals surface area contributed by atoms with Crippen molar-refractivity contribution >= 4 is 56.2 Å². The van der Waals surface area contributed by atoms with Gasteiger partial charge in [-0.2, -0.15) is 13.5 Å². The van der Waals surface area contributed by atoms with Gasteiger partial charge in [0, 0.05) is 17.5 Å². The number of amides is 2. The van der Waals surface area contributed by atoms with Crippen molar-refractivity contribution in [2.45, 2.75) is 82.2 Å². The summed E-state index contributed by atoms with van der Waals surface area (Å²) in [4.78, 5) is 53.1. The number of β-lactam (4-membered cyclic amide) rings is 1. The van der Waals surface area contributed by atoms with Gasteiger partial charge >= 0.3 is 16.4 Å². The minimum atomic E-state index is -5.03. The number of carboxylic acid groups (broad SMARTS) is 1. The number of nitrogens with two attached hydrogens (primary N) is 2. The molecule has 20 heteroatoms. The SMILES string of the molecule is CC(O/N=C(\C(=O)N[C@@H]1C(=O)N(OS(=O)(=O)O)C1(C)C)c1csc(N)n1)(C(=O)O)[C@H]1CCc2cc(C(N)=N[C@H]3CCCCNC3)ccc2O1. The zero-order valence-corrected chi connectivity index (χ0v) is 28.5. The number of aliphatic carboxylic acids is 1. The van der Waals surface area contributed by atoms with Gasteiger partial charge in [-0.15, -0.1) is 15.6 Å². The number of aromatic nitrogens is 1. The average molecular weight is 723 g/mol. The molecular weight excluding hydrogens is 684 g/mol. The molecule has 0 aliphatic carbocycles. The number of amidine groups is 1. The van der Waals surface area contributed by atoms with E-state index < -0.39 is 57.2 Å². The summed E-state index contributed by atoms with van der Waals surface area (Å²) in [7, 11) is -5.03. The van der Waals surface area contributed by atoms with Gasteiger partial charge in [-0.3, -0.25) is 19.1 Å². The number of nitrogen functional groups attached to an aromatic ring is 1. The maximum atomic E-state index is 13.5. The van der Waals surface area contributed by atoms with E-state index in [2.05, 4.69) is 25.1 Å². The van der Waals surface area contributed by atoms with Crippen molar-refractivity contribution in [2.75, 3.05) is 18.8 Å². The highest BCUT2D eigenvalue weighted by Crippen LogP contribution is 2.35. The molecule has 0 bridgehead atoms. The number of nitrogens with one attached hydrogen (secondary N) is 2. The fourth-order valence-corrected chi connectivity index (χ4v) is 6.72. The lowest BCUT2D eigenvalue weighted by atomic mass is 9.84. The van der Waals surface area contributed by atoms with Crippen LogP contribution in [0.25, 0.3) is 0 Å². The second kappa shape index (κ2) is 13.9. The van der Waals surface area contributed by atoms with E-state index >= 15 is 0 Å². The molecule has 3 aliphatic rings. The van der Waals surface area contributed by atoms with Gasteiger partial charge in [0.15, 0.2) is 16.9 Å². The van der Waals surface area contributed by atoms with Crippen molar-refractivity contribution in [1.82, 2.24) is 20.7 Å². The number of thiazole rings is 1. The first kappa shape index (κ1) is 35.9. The van der Waals surface area contributed by atoms with Crippen molar-refractivity contribution in [3.63, 3.8) is 0 Å². The summed E-state index contributed by atoms with van der Waals surface area (Å²) in [5.41, 5.74) is 9.50. The molecule has 1 aromatic carbocycles. The van der Waals surface area contributed by atoms with Gasteiger partial charge < -0.3 is 36.8 Å². The van der Waals surface area contributed by atoms with Crippen LogP contribution in [0, 0.1) is 0 Å². The number of anilines is 1. The molecule has 18 nitrogen and oxygen atoms in total. The van der Waals surface area contributed by atoms with Gasteiger partial charge in [-0.25, -0.2) is 9.78 Å². The van der Waals surface area contributed by atoms with Gasteiger partial charge in [0.1, 0.15) is 23.3 Å². The standard InChI is InChI=1S/C29H38N8O10S2/c1-28(2)22(25(39)37(28)47-49(42,43)44)35-24(38)21(18-14-48-27(31)34-18)36-46-29(3,26(40)41)20-10-8-15-12-16(7-9-19(15)45-20)23(30)33-17-6-4-5-11-32-13-17/h7,9,12,14,17,20,22,32H,4-6,8,10-11,13H2,1-3H3,(H2,30,33)(H2,31,34)(H,35,38)(H,40,41)(H,42,43,44)/b36-21-/t17-,20+,22+,29?/m0/s1. The maximum absolute atomic E-state index is 13.5. The highest BCUT2D eigenvalue weighted by Gasteiger charge is 2.58. The van der Waals surface area contributed by atoms with Crippen molar-refractivity contribution < 1.29 is 46.3 Å². The third-order valence-corrected chi connectivity index (χ3v) is 9.62. The summed E-state index contributed by atoms with van der Waals surface area (Å²) >= 11 is 0.969. The Morgan fingerprint density at radius 1 is 1.29 bits per heavy atom. The largest absolute Gasteiger partial charge is 0.485 e. The van der Waals surface area contributed by atoms with Gasteiger partial charge in [-0.1, -0.05) is 11.6 Å². The second-order valence-corrected chi connectivity index (χ2v) is 14.4. The molecule has 0 radical (unpaired) electrons. The molecule has 5 rings (SSSR count). The summed E-state index contributed by atoms with van der Waals surface area (Å²) in [6.07, 6.45) is 2.67. The zero-order chi connectivity index (χ0) is 35.7. The van der Waals surface area contributed by atoms with Crippen molar-refractivity contribution in [1.29, 1.82) is 0 Å². The fourth-order valence-electron chi connectivity index (χ4n) is 5.71. The molecule has 8 N–H and O–H groups in total. The lowest BCUT2D eigenvalue weighted by Crippen LogP contribution is -2.76. The highest BCUT2D eigenvalue weighted by atomic mass is 32.3. The normalized spacial score (nSPS) is 24.0. The molecule has 3 aliphatic heterocycles. The Kier molecular flexibility index (Phi) is 10.2. The first-order chi connectivity index (χ1) is 23.0. The Balaban J connectivity index is 1.34. The topological polar surface area (TPSA) is 270 Å². The van der Waals surface area contributed by atoms with Crippen LogP contribution in [-0.4, -0.2) is 99.9 Å². The predicted octanol–water partition coefficient (Wildman–Crippen LogP) is 0.371. The lowest BCUT2D eigenvalue weighted by Gasteiger charge is -2.50. The van der Waals surface area contributed by atoms with Crippen LogP contribution in [0.5, 0.6) is 5.75 Å². The van der Waals surface area contributed by atoms with Gasteiger partial charge in [0.05, 0.1) is 11.6 Å². The minimum absolute atomic E-state index is 0.0625. The van der Waals surface area contributed by atoms with E-state index in [1.807, 2.05) is 6.07 Å². The molecule has 1 unspecified atom stereocenters. The quantitative estimate of drug-likeness (QED) is 0.0602. The van der Waals surface area contributed by atoms with E-state index in [9.17, 15) is 27.9 Å². The molecule has 4 heterocycles. The number of ether oxygens (including phenoxy) is 1. The third-order valence-electron chi connectivity index (χ3n) is 8.61. The Bertz CT molecular complexity index is 1790. The van der Waals surface area contributed by atoms with E-state index in [0.717, 1.165) is 54.8 Å². The average Bonchev–Trinajstić information content (AvgIpc) is 3.30. The van der Waals surface area contributed by atoms with Crippen molar-refractivity contribution in [2.24, 2.45) is 15.9 Å². The van der Waals surface area contributed by atoms with Gasteiger partial charge in [0.2, 0.25) is 0 Å². The number of carbonyl (C=O) groups excluding carboxylic acids is 2. The number of fused-ring (bicyclic) bond motifs is 1. The number of rotatable bonds is 11. The number of aryl methyl sites for hydroxylation is 1. The van der Waals surface area contributed by atoms with E-state index in [-0.39, 0.29) is 23.3 Å². The zero-order valence-electron chi connectivity index (χ0n) is 26.9. The lowest BCUT2D eigenvalue weighted by molar-refractivity contribution is -0.218. The van der Waals surface area contributed by atoms with Crippen LogP contribution in [0.1, 0.15) is 63.3 Å². The number of hydrogen-bond acceptors (Lipinski definition) is 14. The molecule has 266 valence electrons. The summed E-state index contributed by atoms with van der Waals surface area (Å²) in [6, 6.07) is 4.06. The summed E-state index contributed by atoms with van der Waals surface area (Å²) in [6.45, 7) is 5.71. The van der Waals surface area contributed by atoms with E-state index in [1.165, 1.54) is 26.2 Å². The smallest absolute Gasteiger partial charge is 0.418 e. The van der Waals surface area contributed by atoms with E-state index in [4.69, 9.17) is 30.6 Å². The molecule has 0 spiro atoms. The molecule has 4 atom stereocenters. The number of carboxylic acids is 1. The molecule has 2 saturated heterocycles. The van der Waals surface area contributed by atoms with E-state index in [1.54, 1.807) is 12.1 Å². The second-order valence-electron chi connectivity index (χ2n) is 12.5. The maximum Gasteiger partial charge on any atom is 0.418 e. The molecule has 0 saturated carbocycles. The number of benzene rings is 1. The van der Waals surface area contributed by atoms with E-state index in [0.29, 0.717) is 23.1 Å². The number of aliphatic imine (C=N–C) groups is 1. The first-order valence-corrected chi connectivity index (χ1v) is 17.6. The monoisotopic (exact) mass is 722 g/mol. The number of hydroxylamine groups is 2. The number of carbonyl (C=O) groups is 3. The number of hydrogen-bond donors (Lipinski definition) is 6. The van der Waals surface area contributed by atoms with Crippen molar-refractivity contribution in [3.05, 3.63) is 40.4 Å². The van der Waals surface area contributed by atoms with Crippen LogP contribution in [0.4, 0.5) is 5.13 Å². The molecule has 2 aromatic rings. The van der Waals surface area contributed by atoms with Crippen LogP contribution < -0.4 is 26.8 Å². The van der Waals surface area contributed by atoms with Gasteiger partial charge in [-0.05, 0) is 76.8 Å². The number of oxime groups is 1. The third kappa shape index (κ3) is 7.77. The molecule has 2 amide bonds. The van der Waals surface area contributed by atoms with Crippen LogP contribution in [0.2, 0.25) is 0 Å².